The highest BCUT2D eigenvalue weighted by Gasteiger charge is 2.36. The zero-order valence-electron chi connectivity index (χ0n) is 27.9. The third-order valence-electron chi connectivity index (χ3n) is 8.11. The van der Waals surface area contributed by atoms with E-state index in [0.717, 1.165) is 15.4 Å². The molecule has 48 heavy (non-hydrogen) atoms. The van der Waals surface area contributed by atoms with Gasteiger partial charge in [0.1, 0.15) is 24.1 Å². The van der Waals surface area contributed by atoms with Crippen molar-refractivity contribution in [1.82, 2.24) is 10.2 Å². The molecular formula is C37H42ClN3O6S. The summed E-state index contributed by atoms with van der Waals surface area (Å²) in [6, 6.07) is 26.4. The SMILES string of the molecule is CC[C@@H](C)NC(=O)[C@@H](Cc1ccccc1)N(Cc1ccccc1Cl)C(=O)CN(c1cc(OC)ccc1OC)S(=O)(=O)c1ccc(C)cc1. The van der Waals surface area contributed by atoms with Gasteiger partial charge in [0.25, 0.3) is 10.0 Å². The number of halogens is 1. The van der Waals surface area contributed by atoms with Crippen molar-refractivity contribution in [2.45, 2.75) is 57.1 Å². The van der Waals surface area contributed by atoms with Gasteiger partial charge in [-0.3, -0.25) is 13.9 Å². The normalized spacial score (nSPS) is 12.5. The second kappa shape index (κ2) is 16.5. The summed E-state index contributed by atoms with van der Waals surface area (Å²) in [7, 11) is -1.46. The Labute approximate surface area is 288 Å². The molecule has 9 nitrogen and oxygen atoms in total. The molecule has 0 saturated carbocycles. The lowest BCUT2D eigenvalue weighted by Gasteiger charge is -2.34. The molecule has 11 heteroatoms. The van der Waals surface area contributed by atoms with Crippen molar-refractivity contribution in [3.05, 3.63) is 119 Å². The Morgan fingerprint density at radius 3 is 2.19 bits per heavy atom. The minimum absolute atomic E-state index is 0.0150. The van der Waals surface area contributed by atoms with Crippen LogP contribution in [0.15, 0.2) is 102 Å². The number of hydrogen-bond acceptors (Lipinski definition) is 6. The van der Waals surface area contributed by atoms with Crippen LogP contribution in [0.3, 0.4) is 0 Å². The molecule has 4 aromatic carbocycles. The van der Waals surface area contributed by atoms with Gasteiger partial charge in [0.05, 0.1) is 24.8 Å². The molecule has 0 aliphatic carbocycles. The zero-order chi connectivity index (χ0) is 34.8. The van der Waals surface area contributed by atoms with Crippen LogP contribution in [-0.4, -0.2) is 58.0 Å². The van der Waals surface area contributed by atoms with Crippen molar-refractivity contribution in [2.24, 2.45) is 0 Å². The number of aryl methyl sites for hydroxylation is 1. The van der Waals surface area contributed by atoms with Gasteiger partial charge >= 0.3 is 0 Å². The Morgan fingerprint density at radius 2 is 1.56 bits per heavy atom. The highest BCUT2D eigenvalue weighted by molar-refractivity contribution is 7.92. The highest BCUT2D eigenvalue weighted by atomic mass is 35.5. The summed E-state index contributed by atoms with van der Waals surface area (Å²) in [4.78, 5) is 30.2. The maximum atomic E-state index is 14.7. The fourth-order valence-corrected chi connectivity index (χ4v) is 6.76. The van der Waals surface area contributed by atoms with E-state index in [4.69, 9.17) is 21.1 Å². The van der Waals surface area contributed by atoms with Gasteiger partial charge in [-0.15, -0.1) is 0 Å². The lowest BCUT2D eigenvalue weighted by atomic mass is 10.0. The van der Waals surface area contributed by atoms with E-state index in [-0.39, 0.29) is 41.2 Å². The Hall–Kier alpha value is -4.54. The second-order valence-corrected chi connectivity index (χ2v) is 13.8. The van der Waals surface area contributed by atoms with Crippen molar-refractivity contribution in [3.8, 4) is 11.5 Å². The summed E-state index contributed by atoms with van der Waals surface area (Å²) in [5, 5.41) is 3.44. The molecule has 0 radical (unpaired) electrons. The van der Waals surface area contributed by atoms with Crippen LogP contribution in [0.25, 0.3) is 0 Å². The first kappa shape index (κ1) is 36.3. The van der Waals surface area contributed by atoms with Crippen molar-refractivity contribution in [1.29, 1.82) is 0 Å². The number of nitrogens with one attached hydrogen (secondary N) is 1. The minimum atomic E-state index is -4.34. The van der Waals surface area contributed by atoms with Crippen LogP contribution in [0.5, 0.6) is 11.5 Å². The number of carbonyl (C=O) groups excluding carboxylic acids is 2. The largest absolute Gasteiger partial charge is 0.497 e. The first-order chi connectivity index (χ1) is 23.0. The Bertz CT molecular complexity index is 1800. The minimum Gasteiger partial charge on any atom is -0.497 e. The van der Waals surface area contributed by atoms with Crippen LogP contribution in [0, 0.1) is 6.92 Å². The average molecular weight is 692 g/mol. The number of ether oxygens (including phenoxy) is 2. The van der Waals surface area contributed by atoms with Crippen LogP contribution in [0.2, 0.25) is 5.02 Å². The maximum Gasteiger partial charge on any atom is 0.264 e. The van der Waals surface area contributed by atoms with E-state index in [1.54, 1.807) is 48.5 Å². The second-order valence-electron chi connectivity index (χ2n) is 11.5. The molecule has 4 rings (SSSR count). The number of methoxy groups -OCH3 is 2. The van der Waals surface area contributed by atoms with Crippen molar-refractivity contribution in [3.63, 3.8) is 0 Å². The Morgan fingerprint density at radius 1 is 0.896 bits per heavy atom. The lowest BCUT2D eigenvalue weighted by molar-refractivity contribution is -0.140. The number of hydrogen-bond donors (Lipinski definition) is 1. The number of amides is 2. The predicted octanol–water partition coefficient (Wildman–Crippen LogP) is 6.42. The van der Waals surface area contributed by atoms with Gasteiger partial charge in [-0.1, -0.05) is 84.8 Å². The third kappa shape index (κ3) is 8.87. The van der Waals surface area contributed by atoms with Gasteiger partial charge in [-0.2, -0.15) is 0 Å². The fourth-order valence-electron chi connectivity index (χ4n) is 5.15. The smallest absolute Gasteiger partial charge is 0.264 e. The first-order valence-electron chi connectivity index (χ1n) is 15.7. The number of sulfonamides is 1. The summed E-state index contributed by atoms with van der Waals surface area (Å²) in [6.07, 6.45) is 0.868. The summed E-state index contributed by atoms with van der Waals surface area (Å²) in [5.41, 5.74) is 2.41. The standard InChI is InChI=1S/C37H42ClN3O6S/c1-6-27(3)39-37(43)34(22-28-12-8-7-9-13-28)40(24-29-14-10-11-15-32(29)38)36(42)25-41(33-23-30(46-4)18-21-35(33)47-5)48(44,45)31-19-16-26(2)17-20-31/h7-21,23,27,34H,6,22,24-25H2,1-5H3,(H,39,43)/t27-,34-/m1/s1. The molecule has 0 spiro atoms. The van der Waals surface area contributed by atoms with E-state index >= 15 is 0 Å². The highest BCUT2D eigenvalue weighted by Crippen LogP contribution is 2.36. The monoisotopic (exact) mass is 691 g/mol. The Balaban J connectivity index is 1.88. The molecule has 1 N–H and O–H groups in total. The number of nitrogens with zero attached hydrogens (tertiary/aromatic N) is 2. The molecular weight excluding hydrogens is 650 g/mol. The van der Waals surface area contributed by atoms with E-state index in [1.807, 2.05) is 51.1 Å². The molecule has 0 fully saturated rings. The van der Waals surface area contributed by atoms with Crippen LogP contribution >= 0.6 is 11.6 Å². The van der Waals surface area contributed by atoms with E-state index < -0.39 is 28.5 Å². The van der Waals surface area contributed by atoms with Crippen LogP contribution < -0.4 is 19.1 Å². The van der Waals surface area contributed by atoms with Gasteiger partial charge in [-0.25, -0.2) is 8.42 Å². The average Bonchev–Trinajstić information content (AvgIpc) is 3.09. The zero-order valence-corrected chi connectivity index (χ0v) is 29.4. The number of benzene rings is 4. The van der Waals surface area contributed by atoms with Crippen molar-refractivity contribution in [2.75, 3.05) is 25.1 Å². The van der Waals surface area contributed by atoms with E-state index in [0.29, 0.717) is 22.8 Å². The van der Waals surface area contributed by atoms with E-state index in [9.17, 15) is 18.0 Å². The molecule has 4 aromatic rings. The molecule has 0 bridgehead atoms. The van der Waals surface area contributed by atoms with Gasteiger partial charge in [0.2, 0.25) is 11.8 Å². The molecule has 0 aliphatic rings. The maximum absolute atomic E-state index is 14.7. The molecule has 0 aliphatic heterocycles. The molecule has 254 valence electrons. The first-order valence-corrected chi connectivity index (χ1v) is 17.5. The summed E-state index contributed by atoms with van der Waals surface area (Å²) in [6.45, 7) is 5.01. The van der Waals surface area contributed by atoms with Gasteiger partial charge < -0.3 is 19.7 Å². The Kier molecular flexibility index (Phi) is 12.5. The van der Waals surface area contributed by atoms with Crippen LogP contribution in [0.4, 0.5) is 5.69 Å². The molecule has 0 unspecified atom stereocenters. The quantitative estimate of drug-likeness (QED) is 0.154. The van der Waals surface area contributed by atoms with Gasteiger partial charge in [0, 0.05) is 30.1 Å². The fraction of sp³-hybridized carbons (Fsp3) is 0.297. The van der Waals surface area contributed by atoms with Gasteiger partial charge in [-0.05, 0) is 61.7 Å². The van der Waals surface area contributed by atoms with Crippen molar-refractivity contribution >= 4 is 39.1 Å². The molecule has 0 aromatic heterocycles. The molecule has 0 heterocycles. The van der Waals surface area contributed by atoms with Crippen LogP contribution in [-0.2, 0) is 32.6 Å². The molecule has 0 saturated heterocycles. The third-order valence-corrected chi connectivity index (χ3v) is 10.3. The van der Waals surface area contributed by atoms with Gasteiger partial charge in [0.15, 0.2) is 0 Å². The summed E-state index contributed by atoms with van der Waals surface area (Å²) < 4.78 is 40.9. The lowest BCUT2D eigenvalue weighted by Crippen LogP contribution is -2.54. The number of carbonyl (C=O) groups is 2. The summed E-state index contributed by atoms with van der Waals surface area (Å²) >= 11 is 6.59. The number of rotatable bonds is 15. The van der Waals surface area contributed by atoms with E-state index in [1.165, 1.54) is 37.3 Å². The van der Waals surface area contributed by atoms with Crippen molar-refractivity contribution < 1.29 is 27.5 Å². The number of anilines is 1. The summed E-state index contributed by atoms with van der Waals surface area (Å²) in [5.74, 6) is -0.395. The van der Waals surface area contributed by atoms with E-state index in [2.05, 4.69) is 5.32 Å². The molecule has 2 atom stereocenters. The topological polar surface area (TPSA) is 105 Å². The molecule has 2 amide bonds. The predicted molar refractivity (Wildman–Crippen MR) is 189 cm³/mol. The van der Waals surface area contributed by atoms with Crippen LogP contribution in [0.1, 0.15) is 37.0 Å².